The van der Waals surface area contributed by atoms with Crippen molar-refractivity contribution in [3.8, 4) is 11.8 Å². The van der Waals surface area contributed by atoms with Crippen LogP contribution in [0.4, 0.5) is 0 Å². The van der Waals surface area contributed by atoms with E-state index in [1.165, 1.54) is 0 Å². The molecule has 1 saturated carbocycles. The van der Waals surface area contributed by atoms with Crippen LogP contribution in [0.25, 0.3) is 0 Å². The van der Waals surface area contributed by atoms with Gasteiger partial charge in [-0.05, 0) is 25.0 Å². The molecule has 2 heteroatoms. The molecular weight excluding hydrogens is 188 g/mol. The Morgan fingerprint density at radius 3 is 2.53 bits per heavy atom. The lowest BCUT2D eigenvalue weighted by molar-refractivity contribution is 0.0891. The lowest BCUT2D eigenvalue weighted by Crippen LogP contribution is -2.16. The second kappa shape index (κ2) is 4.06. The van der Waals surface area contributed by atoms with Gasteiger partial charge in [0.05, 0.1) is 5.60 Å². The number of aliphatic hydroxyl groups excluding tert-OH is 1. The van der Waals surface area contributed by atoms with Gasteiger partial charge in [-0.1, -0.05) is 30.0 Å². The highest BCUT2D eigenvalue weighted by Crippen LogP contribution is 2.39. The Morgan fingerprint density at radius 1 is 1.27 bits per heavy atom. The topological polar surface area (TPSA) is 40.5 Å². The van der Waals surface area contributed by atoms with Gasteiger partial charge < -0.3 is 10.2 Å². The van der Waals surface area contributed by atoms with Gasteiger partial charge in [0.15, 0.2) is 0 Å². The molecule has 0 amide bonds. The third-order valence-corrected chi connectivity index (χ3v) is 2.56. The molecule has 0 aliphatic heterocycles. The lowest BCUT2D eigenvalue weighted by Gasteiger charge is -2.07. The highest BCUT2D eigenvalue weighted by atomic mass is 16.3. The summed E-state index contributed by atoms with van der Waals surface area (Å²) in [5.41, 5.74) is 0.254. The van der Waals surface area contributed by atoms with Gasteiger partial charge >= 0.3 is 0 Å². The van der Waals surface area contributed by atoms with E-state index in [0.717, 1.165) is 18.4 Å². The fourth-order valence-corrected chi connectivity index (χ4v) is 1.45. The third-order valence-electron chi connectivity index (χ3n) is 2.56. The Bertz CT molecular complexity index is 382. The molecule has 1 aromatic rings. The Balaban J connectivity index is 1.93. The molecule has 78 valence electrons. The van der Waals surface area contributed by atoms with E-state index in [0.29, 0.717) is 6.42 Å². The van der Waals surface area contributed by atoms with Crippen LogP contribution in [0.3, 0.4) is 0 Å². The van der Waals surface area contributed by atoms with Crippen molar-refractivity contribution in [1.29, 1.82) is 0 Å². The van der Waals surface area contributed by atoms with Crippen molar-refractivity contribution in [2.45, 2.75) is 31.0 Å². The number of benzene rings is 1. The molecule has 1 unspecified atom stereocenters. The molecule has 0 bridgehead atoms. The summed E-state index contributed by atoms with van der Waals surface area (Å²) in [6, 6.07) is 9.53. The first-order valence-electron chi connectivity index (χ1n) is 5.15. The normalized spacial score (nSPS) is 18.8. The lowest BCUT2D eigenvalue weighted by atomic mass is 10.1. The summed E-state index contributed by atoms with van der Waals surface area (Å²) in [5.74, 6) is 5.62. The Morgan fingerprint density at radius 2 is 1.93 bits per heavy atom. The van der Waals surface area contributed by atoms with Gasteiger partial charge in [0.25, 0.3) is 0 Å². The summed E-state index contributed by atoms with van der Waals surface area (Å²) in [6.07, 6.45) is 1.22. The predicted molar refractivity (Wildman–Crippen MR) is 58.1 cm³/mol. The van der Waals surface area contributed by atoms with Crippen molar-refractivity contribution in [2.75, 3.05) is 0 Å². The maximum atomic E-state index is 9.57. The molecule has 2 nitrogen and oxygen atoms in total. The average Bonchev–Trinajstić information content (AvgIpc) is 2.95. The molecule has 1 aliphatic carbocycles. The van der Waals surface area contributed by atoms with E-state index in [-0.39, 0.29) is 0 Å². The zero-order valence-corrected chi connectivity index (χ0v) is 8.48. The van der Waals surface area contributed by atoms with Gasteiger partial charge in [-0.3, -0.25) is 0 Å². The van der Waals surface area contributed by atoms with Crippen LogP contribution < -0.4 is 0 Å². The van der Waals surface area contributed by atoms with E-state index in [9.17, 15) is 10.2 Å². The second-order valence-electron chi connectivity index (χ2n) is 4.08. The summed E-state index contributed by atoms with van der Waals surface area (Å²) in [5, 5.41) is 19.1. The quantitative estimate of drug-likeness (QED) is 0.710. The highest BCUT2D eigenvalue weighted by Gasteiger charge is 2.41. The largest absolute Gasteiger partial charge is 0.390 e. The van der Waals surface area contributed by atoms with Crippen LogP contribution in [0.2, 0.25) is 0 Å². The monoisotopic (exact) mass is 202 g/mol. The molecule has 2 rings (SSSR count). The van der Waals surface area contributed by atoms with Gasteiger partial charge in [0, 0.05) is 12.0 Å². The van der Waals surface area contributed by atoms with Crippen LogP contribution in [-0.2, 0) is 0 Å². The minimum atomic E-state index is -0.724. The van der Waals surface area contributed by atoms with E-state index in [1.807, 2.05) is 30.3 Å². The summed E-state index contributed by atoms with van der Waals surface area (Å²) < 4.78 is 0. The van der Waals surface area contributed by atoms with Gasteiger partial charge in [0.1, 0.15) is 6.10 Å². The van der Waals surface area contributed by atoms with Crippen molar-refractivity contribution in [2.24, 2.45) is 0 Å². The maximum Gasteiger partial charge on any atom is 0.117 e. The van der Waals surface area contributed by atoms with E-state index in [4.69, 9.17) is 0 Å². The van der Waals surface area contributed by atoms with Crippen molar-refractivity contribution in [1.82, 2.24) is 0 Å². The van der Waals surface area contributed by atoms with Gasteiger partial charge in [0.2, 0.25) is 0 Å². The molecule has 0 heterocycles. The standard InChI is InChI=1S/C13H14O2/c14-12(10-13(15)8-9-13)7-6-11-4-2-1-3-5-11/h1-5,12,14-15H,8-10H2. The Labute approximate surface area is 89.6 Å². The summed E-state index contributed by atoms with van der Waals surface area (Å²) in [4.78, 5) is 0. The zero-order valence-electron chi connectivity index (χ0n) is 8.48. The average molecular weight is 202 g/mol. The molecule has 0 spiro atoms. The second-order valence-corrected chi connectivity index (χ2v) is 4.08. The highest BCUT2D eigenvalue weighted by molar-refractivity contribution is 5.34. The van der Waals surface area contributed by atoms with Crippen LogP contribution in [0.15, 0.2) is 30.3 Å². The summed E-state index contributed by atoms with van der Waals surface area (Å²) in [6.45, 7) is 0. The van der Waals surface area contributed by atoms with Crippen LogP contribution in [0.1, 0.15) is 24.8 Å². The number of hydrogen-bond acceptors (Lipinski definition) is 2. The molecule has 1 atom stereocenters. The molecular formula is C13H14O2. The molecule has 15 heavy (non-hydrogen) atoms. The Kier molecular flexibility index (Phi) is 2.77. The van der Waals surface area contributed by atoms with E-state index >= 15 is 0 Å². The van der Waals surface area contributed by atoms with Crippen LogP contribution >= 0.6 is 0 Å². The van der Waals surface area contributed by atoms with Crippen molar-refractivity contribution in [3.63, 3.8) is 0 Å². The van der Waals surface area contributed by atoms with Gasteiger partial charge in [-0.15, -0.1) is 0 Å². The first kappa shape index (κ1) is 10.2. The number of aliphatic hydroxyl groups is 2. The predicted octanol–water partition coefficient (Wildman–Crippen LogP) is 1.31. The smallest absolute Gasteiger partial charge is 0.117 e. The summed E-state index contributed by atoms with van der Waals surface area (Å²) >= 11 is 0. The molecule has 0 radical (unpaired) electrons. The van der Waals surface area contributed by atoms with Crippen molar-refractivity contribution >= 4 is 0 Å². The molecule has 1 aromatic carbocycles. The first-order chi connectivity index (χ1) is 7.18. The van der Waals surface area contributed by atoms with E-state index < -0.39 is 11.7 Å². The van der Waals surface area contributed by atoms with Crippen molar-refractivity contribution < 1.29 is 10.2 Å². The SMILES string of the molecule is OC(C#Cc1ccccc1)CC1(O)CC1. The Hall–Kier alpha value is -1.30. The minimum Gasteiger partial charge on any atom is -0.390 e. The fourth-order valence-electron chi connectivity index (χ4n) is 1.45. The fraction of sp³-hybridized carbons (Fsp3) is 0.385. The van der Waals surface area contributed by atoms with Gasteiger partial charge in [-0.25, -0.2) is 0 Å². The van der Waals surface area contributed by atoms with Crippen molar-refractivity contribution in [3.05, 3.63) is 35.9 Å². The molecule has 0 saturated heterocycles. The van der Waals surface area contributed by atoms with E-state index in [2.05, 4.69) is 11.8 Å². The number of rotatable bonds is 2. The third kappa shape index (κ3) is 3.09. The van der Waals surface area contributed by atoms with E-state index in [1.54, 1.807) is 0 Å². The summed E-state index contributed by atoms with van der Waals surface area (Å²) in [7, 11) is 0. The van der Waals surface area contributed by atoms with Crippen LogP contribution in [0.5, 0.6) is 0 Å². The molecule has 1 aliphatic rings. The number of hydrogen-bond donors (Lipinski definition) is 2. The molecule has 0 aromatic heterocycles. The van der Waals surface area contributed by atoms with Crippen LogP contribution in [-0.4, -0.2) is 21.9 Å². The minimum absolute atomic E-state index is 0.368. The zero-order chi connectivity index (χ0) is 10.7. The van der Waals surface area contributed by atoms with Gasteiger partial charge in [-0.2, -0.15) is 0 Å². The first-order valence-corrected chi connectivity index (χ1v) is 5.15. The van der Waals surface area contributed by atoms with Crippen LogP contribution in [0, 0.1) is 11.8 Å². The molecule has 2 N–H and O–H groups in total. The maximum absolute atomic E-state index is 9.57. The molecule has 1 fully saturated rings.